The van der Waals surface area contributed by atoms with Gasteiger partial charge in [-0.2, -0.15) is 0 Å². The first-order valence-electron chi connectivity index (χ1n) is 8.55. The third-order valence-corrected chi connectivity index (χ3v) is 6.11. The summed E-state index contributed by atoms with van der Waals surface area (Å²) < 4.78 is 23.0. The van der Waals surface area contributed by atoms with Crippen LogP contribution < -0.4 is 10.2 Å². The Labute approximate surface area is 153 Å². The van der Waals surface area contributed by atoms with E-state index >= 15 is 0 Å². The highest BCUT2D eigenvalue weighted by atomic mass is 32.2. The van der Waals surface area contributed by atoms with E-state index in [2.05, 4.69) is 15.3 Å². The molecule has 0 radical (unpaired) electrons. The number of carbonyl (C=O) groups is 1. The molecule has 0 spiro atoms. The van der Waals surface area contributed by atoms with Crippen LogP contribution in [-0.4, -0.2) is 48.4 Å². The van der Waals surface area contributed by atoms with Crippen molar-refractivity contribution >= 4 is 27.4 Å². The predicted octanol–water partition coefficient (Wildman–Crippen LogP) is 1.86. The smallest absolute Gasteiger partial charge is 0.254 e. The number of nitrogens with zero attached hydrogens (tertiary/aromatic N) is 3. The van der Waals surface area contributed by atoms with E-state index in [1.165, 1.54) is 12.4 Å². The number of hydrogen-bond acceptors (Lipinski definition) is 6. The van der Waals surface area contributed by atoms with Crippen molar-refractivity contribution in [2.75, 3.05) is 23.0 Å². The minimum atomic E-state index is -3.03. The van der Waals surface area contributed by atoms with Crippen molar-refractivity contribution in [2.45, 2.75) is 26.3 Å². The monoisotopic (exact) mass is 374 g/mol. The van der Waals surface area contributed by atoms with Crippen molar-refractivity contribution in [2.24, 2.45) is 0 Å². The Morgan fingerprint density at radius 2 is 2.04 bits per heavy atom. The van der Waals surface area contributed by atoms with E-state index in [1.807, 2.05) is 43.0 Å². The van der Waals surface area contributed by atoms with Crippen molar-refractivity contribution < 1.29 is 13.2 Å². The normalized spacial score (nSPS) is 18.5. The number of nitrogens with one attached hydrogen (secondary N) is 1. The second-order valence-corrected chi connectivity index (χ2v) is 8.66. The summed E-state index contributed by atoms with van der Waals surface area (Å²) in [5, 5.41) is 2.74. The fourth-order valence-corrected chi connectivity index (χ4v) is 4.66. The number of aryl methyl sites for hydroxylation is 1. The summed E-state index contributed by atoms with van der Waals surface area (Å²) in [6, 6.07) is 7.70. The zero-order chi connectivity index (χ0) is 18.7. The highest BCUT2D eigenvalue weighted by molar-refractivity contribution is 7.91. The van der Waals surface area contributed by atoms with E-state index in [-0.39, 0.29) is 23.5 Å². The van der Waals surface area contributed by atoms with Crippen molar-refractivity contribution in [3.63, 3.8) is 0 Å². The van der Waals surface area contributed by atoms with Gasteiger partial charge in [0.05, 0.1) is 17.1 Å². The van der Waals surface area contributed by atoms with Gasteiger partial charge in [0.25, 0.3) is 5.91 Å². The lowest BCUT2D eigenvalue weighted by molar-refractivity contribution is 0.0940. The van der Waals surface area contributed by atoms with E-state index in [0.29, 0.717) is 24.5 Å². The third-order valence-electron chi connectivity index (χ3n) is 4.34. The van der Waals surface area contributed by atoms with Crippen LogP contribution in [0.25, 0.3) is 0 Å². The fourth-order valence-electron chi connectivity index (χ4n) is 2.99. The van der Waals surface area contributed by atoms with Gasteiger partial charge in [-0.25, -0.2) is 18.4 Å². The SMILES string of the molecule is CCN(c1cccc(C)c1)c1ncc(C(=O)NC2CCS(=O)(=O)C2)cn1. The first kappa shape index (κ1) is 18.3. The second-order valence-electron chi connectivity index (χ2n) is 6.43. The molecule has 2 heterocycles. The highest BCUT2D eigenvalue weighted by Gasteiger charge is 2.29. The number of sulfone groups is 1. The largest absolute Gasteiger partial charge is 0.348 e. The lowest BCUT2D eigenvalue weighted by Gasteiger charge is -2.21. The van der Waals surface area contributed by atoms with Gasteiger partial charge in [-0.3, -0.25) is 4.79 Å². The van der Waals surface area contributed by atoms with Crippen LogP contribution in [0.5, 0.6) is 0 Å². The molecule has 7 nitrogen and oxygen atoms in total. The summed E-state index contributed by atoms with van der Waals surface area (Å²) in [6.45, 7) is 4.72. The van der Waals surface area contributed by atoms with Crippen molar-refractivity contribution in [3.05, 3.63) is 47.8 Å². The van der Waals surface area contributed by atoms with Crippen LogP contribution in [-0.2, 0) is 9.84 Å². The first-order valence-corrected chi connectivity index (χ1v) is 10.4. The molecule has 1 N–H and O–H groups in total. The number of carbonyl (C=O) groups excluding carboxylic acids is 1. The van der Waals surface area contributed by atoms with Crippen LogP contribution in [0.3, 0.4) is 0 Å². The second kappa shape index (κ2) is 7.41. The summed E-state index contributed by atoms with van der Waals surface area (Å²) in [6.07, 6.45) is 3.39. The summed E-state index contributed by atoms with van der Waals surface area (Å²) in [5.74, 6) is 0.277. The number of aromatic nitrogens is 2. The molecule has 0 saturated carbocycles. The van der Waals surface area contributed by atoms with E-state index in [9.17, 15) is 13.2 Å². The van der Waals surface area contributed by atoms with Crippen molar-refractivity contribution in [1.82, 2.24) is 15.3 Å². The number of anilines is 2. The van der Waals surface area contributed by atoms with Gasteiger partial charge in [-0.1, -0.05) is 12.1 Å². The Bertz CT molecular complexity index is 897. The molecule has 1 amide bonds. The van der Waals surface area contributed by atoms with Crippen LogP contribution in [0.15, 0.2) is 36.7 Å². The van der Waals surface area contributed by atoms with E-state index in [4.69, 9.17) is 0 Å². The minimum absolute atomic E-state index is 0.00531. The molecular formula is C18H22N4O3S. The molecule has 1 aromatic heterocycles. The zero-order valence-electron chi connectivity index (χ0n) is 14.8. The Morgan fingerprint density at radius 3 is 2.62 bits per heavy atom. The van der Waals surface area contributed by atoms with Crippen molar-refractivity contribution in [3.8, 4) is 0 Å². The zero-order valence-corrected chi connectivity index (χ0v) is 15.7. The quantitative estimate of drug-likeness (QED) is 0.859. The van der Waals surface area contributed by atoms with Crippen molar-refractivity contribution in [1.29, 1.82) is 0 Å². The van der Waals surface area contributed by atoms with Crippen LogP contribution in [0.4, 0.5) is 11.6 Å². The molecule has 2 aromatic rings. The van der Waals surface area contributed by atoms with Gasteiger partial charge in [0.1, 0.15) is 0 Å². The maximum atomic E-state index is 12.3. The average molecular weight is 374 g/mol. The Kier molecular flexibility index (Phi) is 5.22. The third kappa shape index (κ3) is 4.19. The Hall–Kier alpha value is -2.48. The summed E-state index contributed by atoms with van der Waals surface area (Å²) >= 11 is 0. The molecule has 1 fully saturated rings. The predicted molar refractivity (Wildman–Crippen MR) is 100 cm³/mol. The van der Waals surface area contributed by atoms with Crippen LogP contribution in [0.1, 0.15) is 29.3 Å². The molecule has 8 heteroatoms. The van der Waals surface area contributed by atoms with Gasteiger partial charge >= 0.3 is 0 Å². The molecule has 1 aliphatic rings. The highest BCUT2D eigenvalue weighted by Crippen LogP contribution is 2.22. The molecule has 0 aliphatic carbocycles. The van der Waals surface area contributed by atoms with Crippen LogP contribution in [0, 0.1) is 6.92 Å². The maximum Gasteiger partial charge on any atom is 0.254 e. The van der Waals surface area contributed by atoms with Gasteiger partial charge in [0.2, 0.25) is 5.95 Å². The van der Waals surface area contributed by atoms with E-state index in [0.717, 1.165) is 11.3 Å². The van der Waals surface area contributed by atoms with Crippen LogP contribution >= 0.6 is 0 Å². The molecule has 26 heavy (non-hydrogen) atoms. The minimum Gasteiger partial charge on any atom is -0.348 e. The summed E-state index contributed by atoms with van der Waals surface area (Å²) in [4.78, 5) is 22.9. The molecule has 1 aromatic carbocycles. The van der Waals surface area contributed by atoms with Gasteiger partial charge < -0.3 is 10.2 Å². The first-order chi connectivity index (χ1) is 12.4. The van der Waals surface area contributed by atoms with Crippen LogP contribution in [0.2, 0.25) is 0 Å². The molecule has 1 aliphatic heterocycles. The molecule has 3 rings (SSSR count). The molecule has 1 saturated heterocycles. The Morgan fingerprint density at radius 1 is 1.31 bits per heavy atom. The Balaban J connectivity index is 1.72. The number of amides is 1. The summed E-state index contributed by atoms with van der Waals surface area (Å²) in [5.41, 5.74) is 2.45. The van der Waals surface area contributed by atoms with Gasteiger partial charge in [-0.15, -0.1) is 0 Å². The molecule has 138 valence electrons. The molecule has 1 unspecified atom stereocenters. The molecular weight excluding hydrogens is 352 g/mol. The van der Waals surface area contributed by atoms with E-state index < -0.39 is 9.84 Å². The number of hydrogen-bond donors (Lipinski definition) is 1. The van der Waals surface area contributed by atoms with E-state index in [1.54, 1.807) is 0 Å². The lowest BCUT2D eigenvalue weighted by atomic mass is 10.2. The average Bonchev–Trinajstić information content (AvgIpc) is 2.95. The number of benzene rings is 1. The lowest BCUT2D eigenvalue weighted by Crippen LogP contribution is -2.35. The number of rotatable bonds is 5. The standard InChI is InChI=1S/C18H22N4O3S/c1-3-22(16-6-4-5-13(2)9-16)18-19-10-14(11-20-18)17(23)21-15-7-8-26(24,25)12-15/h4-6,9-11,15H,3,7-8,12H2,1-2H3,(H,21,23). The molecule has 1 atom stereocenters. The maximum absolute atomic E-state index is 12.3. The van der Waals surface area contributed by atoms with Gasteiger partial charge in [0.15, 0.2) is 9.84 Å². The summed E-state index contributed by atoms with van der Waals surface area (Å²) in [7, 11) is -3.03. The van der Waals surface area contributed by atoms with Gasteiger partial charge in [0, 0.05) is 30.7 Å². The topological polar surface area (TPSA) is 92.3 Å². The fraction of sp³-hybridized carbons (Fsp3) is 0.389. The molecule has 0 bridgehead atoms. The van der Waals surface area contributed by atoms with Gasteiger partial charge in [-0.05, 0) is 38.0 Å².